The first-order chi connectivity index (χ1) is 13.6. The predicted octanol–water partition coefficient (Wildman–Crippen LogP) is 3.91. The van der Waals surface area contributed by atoms with Crippen LogP contribution in [0.1, 0.15) is 5.56 Å². The van der Waals surface area contributed by atoms with Gasteiger partial charge in [0, 0.05) is 5.69 Å². The van der Waals surface area contributed by atoms with E-state index >= 15 is 0 Å². The Morgan fingerprint density at radius 2 is 1.96 bits per heavy atom. The number of aromatic nitrogens is 2. The van der Waals surface area contributed by atoms with Crippen LogP contribution >= 0.6 is 23.1 Å². The number of amides is 1. The summed E-state index contributed by atoms with van der Waals surface area (Å²) >= 11 is 2.56. The molecule has 0 saturated carbocycles. The lowest BCUT2D eigenvalue weighted by Crippen LogP contribution is -2.21. The average Bonchev–Trinajstić information content (AvgIpc) is 3.20. The summed E-state index contributed by atoms with van der Waals surface area (Å²) in [6.45, 7) is 1.64. The zero-order valence-corrected chi connectivity index (χ0v) is 16.6. The van der Waals surface area contributed by atoms with Crippen molar-refractivity contribution in [2.24, 2.45) is 0 Å². The number of hydrogen-bond donors (Lipinski definition) is 1. The van der Waals surface area contributed by atoms with E-state index in [0.717, 1.165) is 11.3 Å². The highest BCUT2D eigenvalue weighted by Crippen LogP contribution is 2.23. The number of ether oxygens (including phenoxy) is 2. The molecule has 1 N–H and O–H groups in total. The van der Waals surface area contributed by atoms with Gasteiger partial charge in [-0.25, -0.2) is 0 Å². The Labute approximate surface area is 170 Å². The van der Waals surface area contributed by atoms with Crippen LogP contribution in [0.25, 0.3) is 0 Å². The molecule has 28 heavy (non-hydrogen) atoms. The Balaban J connectivity index is 1.42. The van der Waals surface area contributed by atoms with E-state index < -0.39 is 11.9 Å². The minimum absolute atomic E-state index is 0.0769. The Bertz CT molecular complexity index is 931. The largest absolute Gasteiger partial charge is 0.457 e. The maximum absolute atomic E-state index is 11.9. The molecule has 144 valence electrons. The molecule has 2 aromatic carbocycles. The summed E-state index contributed by atoms with van der Waals surface area (Å²) in [4.78, 5) is 23.6. The average molecular weight is 415 g/mol. The standard InChI is InChI=1S/C19H17N3O4S2/c1-13-3-2-4-16(9-13)26-15-7-5-14(6-8-15)21-17(23)10-25-18(24)11-27-19-22-20-12-28-19/h2-9,12H,10-11H2,1H3,(H,21,23). The van der Waals surface area contributed by atoms with Crippen LogP contribution < -0.4 is 10.1 Å². The van der Waals surface area contributed by atoms with Crippen LogP contribution in [0.4, 0.5) is 5.69 Å². The maximum atomic E-state index is 11.9. The summed E-state index contributed by atoms with van der Waals surface area (Å²) in [6.07, 6.45) is 0. The van der Waals surface area contributed by atoms with Crippen molar-refractivity contribution in [3.05, 3.63) is 59.6 Å². The van der Waals surface area contributed by atoms with E-state index in [0.29, 0.717) is 15.8 Å². The molecule has 0 radical (unpaired) electrons. The SMILES string of the molecule is Cc1cccc(Oc2ccc(NC(=O)COC(=O)CSc3nncs3)cc2)c1. The van der Waals surface area contributed by atoms with Gasteiger partial charge in [0.2, 0.25) is 0 Å². The van der Waals surface area contributed by atoms with Gasteiger partial charge in [-0.1, -0.05) is 35.2 Å². The summed E-state index contributed by atoms with van der Waals surface area (Å²) in [5.74, 6) is 0.575. The van der Waals surface area contributed by atoms with Gasteiger partial charge in [0.1, 0.15) is 17.0 Å². The molecule has 3 rings (SSSR count). The normalized spacial score (nSPS) is 10.3. The van der Waals surface area contributed by atoms with Crippen LogP contribution in [0, 0.1) is 6.92 Å². The van der Waals surface area contributed by atoms with Crippen LogP contribution in [0.2, 0.25) is 0 Å². The highest BCUT2D eigenvalue weighted by molar-refractivity contribution is 8.01. The van der Waals surface area contributed by atoms with E-state index in [2.05, 4.69) is 15.5 Å². The zero-order valence-electron chi connectivity index (χ0n) is 15.0. The lowest BCUT2D eigenvalue weighted by Gasteiger charge is -2.09. The fourth-order valence-electron chi connectivity index (χ4n) is 2.15. The van der Waals surface area contributed by atoms with Crippen LogP contribution in [-0.2, 0) is 14.3 Å². The smallest absolute Gasteiger partial charge is 0.316 e. The summed E-state index contributed by atoms with van der Waals surface area (Å²) in [7, 11) is 0. The number of rotatable bonds is 8. The van der Waals surface area contributed by atoms with E-state index in [1.54, 1.807) is 29.8 Å². The van der Waals surface area contributed by atoms with E-state index in [4.69, 9.17) is 9.47 Å². The minimum Gasteiger partial charge on any atom is -0.457 e. The highest BCUT2D eigenvalue weighted by Gasteiger charge is 2.10. The number of esters is 1. The van der Waals surface area contributed by atoms with Crippen molar-refractivity contribution in [2.45, 2.75) is 11.3 Å². The summed E-state index contributed by atoms with van der Waals surface area (Å²) in [5.41, 5.74) is 3.27. The molecule has 0 saturated heterocycles. The number of thioether (sulfide) groups is 1. The quantitative estimate of drug-likeness (QED) is 0.440. The lowest BCUT2D eigenvalue weighted by molar-refractivity contribution is -0.144. The molecule has 1 aromatic heterocycles. The number of aryl methyl sites for hydroxylation is 1. The number of nitrogens with one attached hydrogen (secondary N) is 1. The maximum Gasteiger partial charge on any atom is 0.316 e. The molecule has 0 unspecified atom stereocenters. The van der Waals surface area contributed by atoms with Crippen molar-refractivity contribution in [2.75, 3.05) is 17.7 Å². The van der Waals surface area contributed by atoms with Crippen molar-refractivity contribution in [1.29, 1.82) is 0 Å². The molecule has 0 fully saturated rings. The highest BCUT2D eigenvalue weighted by atomic mass is 32.2. The van der Waals surface area contributed by atoms with Crippen molar-refractivity contribution in [3.8, 4) is 11.5 Å². The Morgan fingerprint density at radius 1 is 1.14 bits per heavy atom. The summed E-state index contributed by atoms with van der Waals surface area (Å²) in [6, 6.07) is 14.7. The van der Waals surface area contributed by atoms with Crippen LogP contribution in [0.15, 0.2) is 58.4 Å². The van der Waals surface area contributed by atoms with Crippen LogP contribution in [0.5, 0.6) is 11.5 Å². The molecular weight excluding hydrogens is 398 g/mol. The summed E-state index contributed by atoms with van der Waals surface area (Å²) in [5, 5.41) is 10.2. The third kappa shape index (κ3) is 6.36. The molecule has 1 heterocycles. The molecule has 9 heteroatoms. The minimum atomic E-state index is -0.489. The lowest BCUT2D eigenvalue weighted by atomic mass is 10.2. The molecule has 0 atom stereocenters. The van der Waals surface area contributed by atoms with Gasteiger partial charge in [0.15, 0.2) is 10.9 Å². The fraction of sp³-hybridized carbons (Fsp3) is 0.158. The van der Waals surface area contributed by atoms with Gasteiger partial charge >= 0.3 is 5.97 Å². The first-order valence-electron chi connectivity index (χ1n) is 8.27. The van der Waals surface area contributed by atoms with Crippen molar-refractivity contribution < 1.29 is 19.1 Å². The fourth-order valence-corrected chi connectivity index (χ4v) is 3.44. The van der Waals surface area contributed by atoms with Gasteiger partial charge in [-0.3, -0.25) is 9.59 Å². The van der Waals surface area contributed by atoms with Crippen LogP contribution in [-0.4, -0.2) is 34.4 Å². The molecule has 1 amide bonds. The van der Waals surface area contributed by atoms with Gasteiger partial charge in [-0.15, -0.1) is 10.2 Å². The zero-order chi connectivity index (χ0) is 19.8. The second-order valence-electron chi connectivity index (χ2n) is 5.65. The van der Waals surface area contributed by atoms with Crippen LogP contribution in [0.3, 0.4) is 0 Å². The Hall–Kier alpha value is -2.91. The number of anilines is 1. The first-order valence-corrected chi connectivity index (χ1v) is 10.1. The van der Waals surface area contributed by atoms with Gasteiger partial charge in [-0.2, -0.15) is 0 Å². The topological polar surface area (TPSA) is 90.4 Å². The second-order valence-corrected chi connectivity index (χ2v) is 7.70. The molecule has 0 spiro atoms. The Morgan fingerprint density at radius 3 is 2.68 bits per heavy atom. The predicted molar refractivity (Wildman–Crippen MR) is 108 cm³/mol. The van der Waals surface area contributed by atoms with E-state index in [-0.39, 0.29) is 12.4 Å². The third-order valence-electron chi connectivity index (χ3n) is 3.38. The van der Waals surface area contributed by atoms with Gasteiger partial charge < -0.3 is 14.8 Å². The monoisotopic (exact) mass is 415 g/mol. The Kier molecular flexibility index (Phi) is 6.99. The van der Waals surface area contributed by atoms with Gasteiger partial charge in [0.25, 0.3) is 5.91 Å². The third-order valence-corrected chi connectivity index (χ3v) is 5.21. The number of benzene rings is 2. The number of nitrogens with zero attached hydrogens (tertiary/aromatic N) is 2. The van der Waals surface area contributed by atoms with E-state index in [1.807, 2.05) is 31.2 Å². The number of carbonyl (C=O) groups is 2. The van der Waals surface area contributed by atoms with Crippen molar-refractivity contribution in [3.63, 3.8) is 0 Å². The molecule has 7 nitrogen and oxygen atoms in total. The molecule has 0 aliphatic rings. The molecule has 0 bridgehead atoms. The van der Waals surface area contributed by atoms with Crippen molar-refractivity contribution >= 4 is 40.7 Å². The molecular formula is C19H17N3O4S2. The number of carbonyl (C=O) groups excluding carboxylic acids is 2. The molecule has 3 aromatic rings. The van der Waals surface area contributed by atoms with Crippen molar-refractivity contribution in [1.82, 2.24) is 10.2 Å². The van der Waals surface area contributed by atoms with Gasteiger partial charge in [0.05, 0.1) is 5.75 Å². The molecule has 0 aliphatic heterocycles. The molecule has 0 aliphatic carbocycles. The first kappa shape index (κ1) is 19.8. The number of hydrogen-bond acceptors (Lipinski definition) is 8. The van der Waals surface area contributed by atoms with Gasteiger partial charge in [-0.05, 0) is 48.9 Å². The second kappa shape index (κ2) is 9.86. The van der Waals surface area contributed by atoms with E-state index in [9.17, 15) is 9.59 Å². The summed E-state index contributed by atoms with van der Waals surface area (Å²) < 4.78 is 11.4. The van der Waals surface area contributed by atoms with E-state index in [1.165, 1.54) is 23.1 Å².